The summed E-state index contributed by atoms with van der Waals surface area (Å²) >= 11 is 7.01. The highest BCUT2D eigenvalue weighted by molar-refractivity contribution is 7.89. The number of amides is 3. The fourth-order valence-corrected chi connectivity index (χ4v) is 7.38. The zero-order valence-corrected chi connectivity index (χ0v) is 25.8. The molecular formula is C27H34ClN5O7S2. The van der Waals surface area contributed by atoms with Crippen LogP contribution in [0, 0.1) is 6.92 Å². The lowest BCUT2D eigenvalue weighted by Crippen LogP contribution is -2.58. The SMILES string of the molecule is CCOC(=O)CN1CCN(C(=O)[C@H](CNC(=O)c2ccc(Cl)s2)NS(=O)(=O)c2cccc(N3CCCC3=O)c2C)CC1. The second kappa shape index (κ2) is 14.0. The third kappa shape index (κ3) is 7.67. The van der Waals surface area contributed by atoms with Gasteiger partial charge in [-0.3, -0.25) is 24.1 Å². The van der Waals surface area contributed by atoms with E-state index in [1.807, 2.05) is 4.90 Å². The van der Waals surface area contributed by atoms with Gasteiger partial charge in [0, 0.05) is 51.4 Å². The first-order valence-corrected chi connectivity index (χ1v) is 16.3. The molecule has 2 fully saturated rings. The molecule has 2 aromatic rings. The first kappa shape index (κ1) is 31.9. The number of esters is 1. The topological polar surface area (TPSA) is 145 Å². The third-order valence-corrected chi connectivity index (χ3v) is 9.96. The Morgan fingerprint density at radius 3 is 2.45 bits per heavy atom. The Labute approximate surface area is 254 Å². The van der Waals surface area contributed by atoms with Gasteiger partial charge in [0.15, 0.2) is 0 Å². The molecule has 12 nitrogen and oxygen atoms in total. The van der Waals surface area contributed by atoms with Gasteiger partial charge in [-0.1, -0.05) is 17.7 Å². The number of ether oxygens (including phenoxy) is 1. The van der Waals surface area contributed by atoms with Crippen molar-refractivity contribution in [3.63, 3.8) is 0 Å². The number of piperazine rings is 1. The normalized spacial score (nSPS) is 16.9. The minimum absolute atomic E-state index is 0.0619. The highest BCUT2D eigenvalue weighted by atomic mass is 35.5. The van der Waals surface area contributed by atoms with Gasteiger partial charge in [-0.2, -0.15) is 4.72 Å². The number of carbonyl (C=O) groups is 4. The third-order valence-electron chi connectivity index (χ3n) is 7.11. The number of halogens is 1. The van der Waals surface area contributed by atoms with E-state index in [-0.39, 0.29) is 49.6 Å². The number of nitrogens with one attached hydrogen (secondary N) is 2. The molecule has 2 aliphatic heterocycles. The number of nitrogens with zero attached hydrogens (tertiary/aromatic N) is 3. The van der Waals surface area contributed by atoms with Gasteiger partial charge in [0.05, 0.1) is 27.3 Å². The van der Waals surface area contributed by atoms with Crippen LogP contribution in [-0.2, 0) is 29.1 Å². The number of hydrogen-bond donors (Lipinski definition) is 2. The Bertz CT molecular complexity index is 1440. The lowest BCUT2D eigenvalue weighted by molar-refractivity contribution is -0.145. The van der Waals surface area contributed by atoms with Gasteiger partial charge in [0.2, 0.25) is 21.8 Å². The van der Waals surface area contributed by atoms with Crippen LogP contribution in [0.4, 0.5) is 5.69 Å². The van der Waals surface area contributed by atoms with Gasteiger partial charge >= 0.3 is 5.97 Å². The zero-order valence-electron chi connectivity index (χ0n) is 23.4. The molecule has 0 aliphatic carbocycles. The molecule has 3 amide bonds. The molecule has 1 atom stereocenters. The maximum atomic E-state index is 13.7. The molecule has 4 rings (SSSR count). The molecule has 2 aliphatic rings. The summed E-state index contributed by atoms with van der Waals surface area (Å²) in [5, 5.41) is 2.65. The number of thiophene rings is 1. The van der Waals surface area contributed by atoms with Crippen molar-refractivity contribution in [1.82, 2.24) is 19.8 Å². The van der Waals surface area contributed by atoms with E-state index in [9.17, 15) is 27.6 Å². The van der Waals surface area contributed by atoms with Crippen LogP contribution in [-0.4, -0.2) is 100 Å². The van der Waals surface area contributed by atoms with Crippen molar-refractivity contribution >= 4 is 62.3 Å². The van der Waals surface area contributed by atoms with E-state index in [0.29, 0.717) is 52.9 Å². The second-order valence-electron chi connectivity index (χ2n) is 9.94. The first-order valence-electron chi connectivity index (χ1n) is 13.6. The van der Waals surface area contributed by atoms with Gasteiger partial charge in [-0.05, 0) is 50.1 Å². The molecule has 0 radical (unpaired) electrons. The van der Waals surface area contributed by atoms with Crippen LogP contribution in [0.25, 0.3) is 0 Å². The van der Waals surface area contributed by atoms with E-state index < -0.39 is 27.9 Å². The van der Waals surface area contributed by atoms with Gasteiger partial charge in [-0.15, -0.1) is 11.3 Å². The molecule has 3 heterocycles. The molecular weight excluding hydrogens is 606 g/mol. The number of anilines is 1. The Hall–Kier alpha value is -3.04. The fourth-order valence-electron chi connectivity index (χ4n) is 4.97. The molecule has 228 valence electrons. The number of hydrogen-bond acceptors (Lipinski definition) is 9. The van der Waals surface area contributed by atoms with E-state index in [1.165, 1.54) is 11.0 Å². The lowest BCUT2D eigenvalue weighted by Gasteiger charge is -2.36. The minimum atomic E-state index is -4.26. The van der Waals surface area contributed by atoms with Gasteiger partial charge in [0.1, 0.15) is 6.04 Å². The van der Waals surface area contributed by atoms with E-state index in [4.69, 9.17) is 16.3 Å². The predicted octanol–water partition coefficient (Wildman–Crippen LogP) is 1.62. The van der Waals surface area contributed by atoms with Crippen molar-refractivity contribution in [2.24, 2.45) is 0 Å². The van der Waals surface area contributed by atoms with E-state index >= 15 is 0 Å². The van der Waals surface area contributed by atoms with Crippen LogP contribution in [0.2, 0.25) is 4.34 Å². The summed E-state index contributed by atoms with van der Waals surface area (Å²) < 4.78 is 35.3. The Morgan fingerprint density at radius 2 is 1.83 bits per heavy atom. The summed E-state index contributed by atoms with van der Waals surface area (Å²) in [6, 6.07) is 6.47. The van der Waals surface area contributed by atoms with Crippen molar-refractivity contribution < 1.29 is 32.3 Å². The van der Waals surface area contributed by atoms with Crippen molar-refractivity contribution in [2.75, 3.05) is 57.3 Å². The highest BCUT2D eigenvalue weighted by Crippen LogP contribution is 2.29. The van der Waals surface area contributed by atoms with Crippen molar-refractivity contribution in [3.8, 4) is 0 Å². The van der Waals surface area contributed by atoms with E-state index in [2.05, 4.69) is 10.0 Å². The molecule has 15 heteroatoms. The van der Waals surface area contributed by atoms with E-state index in [0.717, 1.165) is 11.3 Å². The molecule has 42 heavy (non-hydrogen) atoms. The lowest BCUT2D eigenvalue weighted by atomic mass is 10.2. The second-order valence-corrected chi connectivity index (χ2v) is 13.3. The summed E-state index contributed by atoms with van der Waals surface area (Å²) in [5.74, 6) is -1.43. The maximum Gasteiger partial charge on any atom is 0.320 e. The monoisotopic (exact) mass is 639 g/mol. The summed E-state index contributed by atoms with van der Waals surface area (Å²) in [6.45, 7) is 5.23. The van der Waals surface area contributed by atoms with Crippen LogP contribution >= 0.6 is 22.9 Å². The van der Waals surface area contributed by atoms with Crippen LogP contribution < -0.4 is 14.9 Å². The minimum Gasteiger partial charge on any atom is -0.465 e. The number of carbonyl (C=O) groups excluding carboxylic acids is 4. The molecule has 0 spiro atoms. The number of benzene rings is 1. The number of rotatable bonds is 11. The van der Waals surface area contributed by atoms with Crippen molar-refractivity contribution in [2.45, 2.75) is 37.6 Å². The fraction of sp³-hybridized carbons (Fsp3) is 0.481. The van der Waals surface area contributed by atoms with Gasteiger partial charge < -0.3 is 19.9 Å². The molecule has 0 unspecified atom stereocenters. The van der Waals surface area contributed by atoms with Crippen LogP contribution in [0.1, 0.15) is 35.0 Å². The average Bonchev–Trinajstić information content (AvgIpc) is 3.59. The Morgan fingerprint density at radius 1 is 1.10 bits per heavy atom. The van der Waals surface area contributed by atoms with Crippen molar-refractivity contribution in [3.05, 3.63) is 45.1 Å². The van der Waals surface area contributed by atoms with E-state index in [1.54, 1.807) is 43.0 Å². The predicted molar refractivity (Wildman–Crippen MR) is 158 cm³/mol. The summed E-state index contributed by atoms with van der Waals surface area (Å²) in [7, 11) is -4.26. The number of sulfonamides is 1. The standard InChI is InChI=1S/C27H34ClN5O7S2/c1-3-40-25(35)17-31-12-14-32(15-13-31)27(37)19(16-29-26(36)21-9-10-23(28)41-21)30-42(38,39)22-7-4-6-20(18(22)2)33-11-5-8-24(33)34/h4,6-7,9-10,19,30H,3,5,8,11-17H2,1-2H3,(H,29,36)/t19-/m0/s1. The van der Waals surface area contributed by atoms with Gasteiger partial charge in [0.25, 0.3) is 5.91 Å². The summed E-state index contributed by atoms with van der Waals surface area (Å²) in [4.78, 5) is 55.8. The zero-order chi connectivity index (χ0) is 30.4. The molecule has 2 N–H and O–H groups in total. The van der Waals surface area contributed by atoms with Crippen LogP contribution in [0.5, 0.6) is 0 Å². The Kier molecular flexibility index (Phi) is 10.6. The largest absolute Gasteiger partial charge is 0.465 e. The first-order chi connectivity index (χ1) is 20.0. The van der Waals surface area contributed by atoms with Crippen LogP contribution in [0.15, 0.2) is 35.2 Å². The molecule has 2 saturated heterocycles. The average molecular weight is 640 g/mol. The smallest absolute Gasteiger partial charge is 0.320 e. The summed E-state index contributed by atoms with van der Waals surface area (Å²) in [5.41, 5.74) is 0.889. The van der Waals surface area contributed by atoms with Crippen LogP contribution in [0.3, 0.4) is 0 Å². The molecule has 1 aromatic heterocycles. The molecule has 1 aromatic carbocycles. The maximum absolute atomic E-state index is 13.7. The Balaban J connectivity index is 1.52. The van der Waals surface area contributed by atoms with Gasteiger partial charge in [-0.25, -0.2) is 8.42 Å². The summed E-state index contributed by atoms with van der Waals surface area (Å²) in [6.07, 6.45) is 1.08. The molecule has 0 bridgehead atoms. The van der Waals surface area contributed by atoms with Crippen molar-refractivity contribution in [1.29, 1.82) is 0 Å². The molecule has 0 saturated carbocycles. The quantitative estimate of drug-likeness (QED) is 0.353. The highest BCUT2D eigenvalue weighted by Gasteiger charge is 2.34.